The van der Waals surface area contributed by atoms with E-state index in [0.29, 0.717) is 11.9 Å². The molecule has 17 heavy (non-hydrogen) atoms. The number of halogens is 1. The van der Waals surface area contributed by atoms with Gasteiger partial charge in [-0.1, -0.05) is 0 Å². The first-order chi connectivity index (χ1) is 8.15. The van der Waals surface area contributed by atoms with Gasteiger partial charge in [0.15, 0.2) is 5.82 Å². The number of nitrogen functional groups attached to an aromatic ring is 1. The molecule has 2 unspecified atom stereocenters. The number of anilines is 2. The van der Waals surface area contributed by atoms with Gasteiger partial charge in [0.25, 0.3) is 0 Å². The molecule has 0 saturated carbocycles. The zero-order chi connectivity index (χ0) is 12.4. The normalized spacial score (nSPS) is 23.8. The third-order valence-electron chi connectivity index (χ3n) is 3.08. The monoisotopic (exact) mass is 301 g/mol. The predicted octanol–water partition coefficient (Wildman–Crippen LogP) is 1.14. The second kappa shape index (κ2) is 5.16. The van der Waals surface area contributed by atoms with E-state index >= 15 is 0 Å². The Morgan fingerprint density at radius 2 is 2.35 bits per heavy atom. The molecule has 1 aromatic heterocycles. The minimum Gasteiger partial charge on any atom is -0.376 e. The van der Waals surface area contributed by atoms with Gasteiger partial charge in [-0.05, 0) is 29.3 Å². The molecule has 1 aromatic rings. The van der Waals surface area contributed by atoms with E-state index in [0.717, 1.165) is 23.3 Å². The van der Waals surface area contributed by atoms with Crippen LogP contribution in [0.4, 0.5) is 11.6 Å². The van der Waals surface area contributed by atoms with Crippen molar-refractivity contribution in [2.45, 2.75) is 25.5 Å². The van der Waals surface area contributed by atoms with Crippen molar-refractivity contribution >= 4 is 27.6 Å². The zero-order valence-corrected chi connectivity index (χ0v) is 11.4. The number of likely N-dealkylation sites (N-methyl/N-ethyl adjacent to an activating group) is 1. The highest BCUT2D eigenvalue weighted by Gasteiger charge is 2.30. The summed E-state index contributed by atoms with van der Waals surface area (Å²) in [4.78, 5) is 10.4. The van der Waals surface area contributed by atoms with Crippen molar-refractivity contribution in [1.82, 2.24) is 9.97 Å². The molecule has 1 fully saturated rings. The molecule has 3 N–H and O–H groups in total. The maximum absolute atomic E-state index is 5.56. The van der Waals surface area contributed by atoms with E-state index in [1.54, 1.807) is 0 Å². The van der Waals surface area contributed by atoms with Gasteiger partial charge in [-0.15, -0.1) is 0 Å². The van der Waals surface area contributed by atoms with Crippen LogP contribution in [0.15, 0.2) is 10.8 Å². The molecule has 94 valence electrons. The summed E-state index contributed by atoms with van der Waals surface area (Å²) in [5.74, 6) is 6.78. The topological polar surface area (TPSA) is 76.3 Å². The molecule has 1 aliphatic rings. The molecule has 7 heteroatoms. The Bertz CT molecular complexity index is 402. The number of nitrogens with two attached hydrogens (primary N) is 1. The van der Waals surface area contributed by atoms with E-state index in [1.165, 1.54) is 6.33 Å². The molecule has 6 nitrogen and oxygen atoms in total. The summed E-state index contributed by atoms with van der Waals surface area (Å²) in [5.41, 5.74) is 2.54. The SMILES string of the molecule is CC1OCCC1N(C)c1ncnc(NN)c1Br. The van der Waals surface area contributed by atoms with Crippen LogP contribution in [0.3, 0.4) is 0 Å². The minimum absolute atomic E-state index is 0.205. The van der Waals surface area contributed by atoms with Gasteiger partial charge in [-0.25, -0.2) is 15.8 Å². The van der Waals surface area contributed by atoms with Crippen LogP contribution >= 0.6 is 15.9 Å². The van der Waals surface area contributed by atoms with Crippen molar-refractivity contribution in [3.05, 3.63) is 10.8 Å². The van der Waals surface area contributed by atoms with Crippen molar-refractivity contribution < 1.29 is 4.74 Å². The molecule has 2 rings (SSSR count). The molecule has 0 bridgehead atoms. The molecule has 0 amide bonds. The van der Waals surface area contributed by atoms with Crippen LogP contribution in [-0.2, 0) is 4.74 Å². The molecular weight excluding hydrogens is 286 g/mol. The lowest BCUT2D eigenvalue weighted by molar-refractivity contribution is 0.118. The number of aromatic nitrogens is 2. The van der Waals surface area contributed by atoms with E-state index in [2.05, 4.69) is 43.1 Å². The van der Waals surface area contributed by atoms with Crippen molar-refractivity contribution in [1.29, 1.82) is 0 Å². The number of hydrazine groups is 1. The number of nitrogens with one attached hydrogen (secondary N) is 1. The number of hydrogen-bond donors (Lipinski definition) is 2. The molecule has 1 saturated heterocycles. The first kappa shape index (κ1) is 12.5. The average molecular weight is 302 g/mol. The first-order valence-electron chi connectivity index (χ1n) is 5.46. The van der Waals surface area contributed by atoms with Gasteiger partial charge in [0.1, 0.15) is 16.6 Å². The fourth-order valence-corrected chi connectivity index (χ4v) is 2.69. The standard InChI is InChI=1S/C10H16BrN5O/c1-6-7(3-4-17-6)16(2)10-8(11)9(15-12)13-5-14-10/h5-7H,3-4,12H2,1-2H3,(H,13,14,15). The summed E-state index contributed by atoms with van der Waals surface area (Å²) in [6.07, 6.45) is 2.70. The molecule has 1 aliphatic heterocycles. The van der Waals surface area contributed by atoms with Crippen LogP contribution in [-0.4, -0.2) is 35.8 Å². The van der Waals surface area contributed by atoms with Crippen molar-refractivity contribution in [3.8, 4) is 0 Å². The number of ether oxygens (including phenoxy) is 1. The summed E-state index contributed by atoms with van der Waals surface area (Å²) in [7, 11) is 2.00. The van der Waals surface area contributed by atoms with Crippen molar-refractivity contribution in [2.75, 3.05) is 24.0 Å². The van der Waals surface area contributed by atoms with Gasteiger partial charge in [0.2, 0.25) is 0 Å². The zero-order valence-electron chi connectivity index (χ0n) is 9.85. The Morgan fingerprint density at radius 3 is 2.94 bits per heavy atom. The molecule has 0 radical (unpaired) electrons. The first-order valence-corrected chi connectivity index (χ1v) is 6.26. The Hall–Kier alpha value is -0.920. The lowest BCUT2D eigenvalue weighted by Gasteiger charge is -2.28. The van der Waals surface area contributed by atoms with Crippen molar-refractivity contribution in [3.63, 3.8) is 0 Å². The maximum Gasteiger partial charge on any atom is 0.159 e. The van der Waals surface area contributed by atoms with Crippen LogP contribution < -0.4 is 16.2 Å². The fourth-order valence-electron chi connectivity index (χ4n) is 2.09. The highest BCUT2D eigenvalue weighted by atomic mass is 79.9. The molecule has 0 spiro atoms. The van der Waals surface area contributed by atoms with Crippen LogP contribution in [0.2, 0.25) is 0 Å². The fraction of sp³-hybridized carbons (Fsp3) is 0.600. The highest BCUT2D eigenvalue weighted by Crippen LogP contribution is 2.31. The van der Waals surface area contributed by atoms with Gasteiger partial charge < -0.3 is 15.1 Å². The Kier molecular flexibility index (Phi) is 3.80. The molecule has 2 atom stereocenters. The summed E-state index contributed by atoms with van der Waals surface area (Å²) >= 11 is 3.46. The number of nitrogens with zero attached hydrogens (tertiary/aromatic N) is 3. The van der Waals surface area contributed by atoms with Gasteiger partial charge in [-0.2, -0.15) is 0 Å². The van der Waals surface area contributed by atoms with Crippen LogP contribution in [0.5, 0.6) is 0 Å². The quantitative estimate of drug-likeness (QED) is 0.644. The van der Waals surface area contributed by atoms with E-state index in [1.807, 2.05) is 7.05 Å². The van der Waals surface area contributed by atoms with Gasteiger partial charge in [0.05, 0.1) is 12.1 Å². The third kappa shape index (κ3) is 2.36. The second-order valence-electron chi connectivity index (χ2n) is 4.05. The van der Waals surface area contributed by atoms with Crippen LogP contribution in [0.1, 0.15) is 13.3 Å². The average Bonchev–Trinajstić information content (AvgIpc) is 2.75. The largest absolute Gasteiger partial charge is 0.376 e. The number of hydrogen-bond acceptors (Lipinski definition) is 6. The number of rotatable bonds is 3. The maximum atomic E-state index is 5.56. The van der Waals surface area contributed by atoms with Crippen molar-refractivity contribution in [2.24, 2.45) is 5.84 Å². The van der Waals surface area contributed by atoms with E-state index in [9.17, 15) is 0 Å². The molecule has 0 aromatic carbocycles. The Balaban J connectivity index is 2.27. The van der Waals surface area contributed by atoms with E-state index in [-0.39, 0.29) is 6.10 Å². The Labute approximate surface area is 109 Å². The van der Waals surface area contributed by atoms with Gasteiger partial charge >= 0.3 is 0 Å². The van der Waals surface area contributed by atoms with E-state index < -0.39 is 0 Å². The molecule has 2 heterocycles. The predicted molar refractivity (Wildman–Crippen MR) is 69.8 cm³/mol. The summed E-state index contributed by atoms with van der Waals surface area (Å²) < 4.78 is 6.33. The van der Waals surface area contributed by atoms with Crippen LogP contribution in [0.25, 0.3) is 0 Å². The van der Waals surface area contributed by atoms with Gasteiger partial charge in [0, 0.05) is 13.7 Å². The summed E-state index contributed by atoms with van der Waals surface area (Å²) in [6, 6.07) is 0.326. The van der Waals surface area contributed by atoms with Gasteiger partial charge in [-0.3, -0.25) is 0 Å². The summed E-state index contributed by atoms with van der Waals surface area (Å²) in [5, 5.41) is 0. The highest BCUT2D eigenvalue weighted by molar-refractivity contribution is 9.10. The summed E-state index contributed by atoms with van der Waals surface area (Å²) in [6.45, 7) is 2.87. The molecular formula is C10H16BrN5O. The Morgan fingerprint density at radius 1 is 1.59 bits per heavy atom. The lowest BCUT2D eigenvalue weighted by atomic mass is 10.1. The van der Waals surface area contributed by atoms with E-state index in [4.69, 9.17) is 10.6 Å². The van der Waals surface area contributed by atoms with Crippen LogP contribution in [0, 0.1) is 0 Å². The smallest absolute Gasteiger partial charge is 0.159 e. The lowest BCUT2D eigenvalue weighted by Crippen LogP contribution is -2.37. The second-order valence-corrected chi connectivity index (χ2v) is 4.84. The molecule has 0 aliphatic carbocycles. The third-order valence-corrected chi connectivity index (χ3v) is 3.81. The minimum atomic E-state index is 0.205.